The molecule has 1 heterocycles. The number of urea groups is 1. The first-order chi connectivity index (χ1) is 14.9. The zero-order valence-corrected chi connectivity index (χ0v) is 18.9. The van der Waals surface area contributed by atoms with Crippen molar-refractivity contribution >= 4 is 34.1 Å². The van der Waals surface area contributed by atoms with Gasteiger partial charge in [-0.05, 0) is 37.5 Å². The lowest BCUT2D eigenvalue weighted by molar-refractivity contribution is -0.119. The fraction of sp³-hybridized carbons (Fsp3) is 0.304. The fourth-order valence-corrected chi connectivity index (χ4v) is 3.75. The molecule has 0 spiro atoms. The predicted molar refractivity (Wildman–Crippen MR) is 125 cm³/mol. The maximum Gasteiger partial charge on any atom is 0.319 e. The highest BCUT2D eigenvalue weighted by Crippen LogP contribution is 2.26. The molecule has 0 bridgehead atoms. The molecule has 1 aromatic heterocycles. The van der Waals surface area contributed by atoms with Crippen molar-refractivity contribution in [1.29, 1.82) is 0 Å². The summed E-state index contributed by atoms with van der Waals surface area (Å²) in [5.74, 6) is -0.381. The second-order valence-corrected chi connectivity index (χ2v) is 8.58. The molecule has 3 amide bonds. The minimum Gasteiger partial charge on any atom is -0.326 e. The summed E-state index contributed by atoms with van der Waals surface area (Å²) in [5, 5.41) is 17.8. The van der Waals surface area contributed by atoms with Crippen molar-refractivity contribution in [3.8, 4) is 10.6 Å². The summed E-state index contributed by atoms with van der Waals surface area (Å²) < 4.78 is 0. The standard InChI is InChI=1S/C23H27N5O2S/c1-5-16(4)19(25-22(30)24-18-8-6-7-15(3)13-18)20(29)26-23-28-27-21(31-23)17-11-9-14(2)10-12-17/h6-13,16,19H,5H2,1-4H3,(H2,24,25,30)(H,26,28,29)/t16-,19+/m1/s1. The van der Waals surface area contributed by atoms with E-state index in [0.29, 0.717) is 10.8 Å². The highest BCUT2D eigenvalue weighted by molar-refractivity contribution is 7.18. The summed E-state index contributed by atoms with van der Waals surface area (Å²) in [6.45, 7) is 7.87. The third-order valence-corrected chi connectivity index (χ3v) is 5.90. The van der Waals surface area contributed by atoms with Gasteiger partial charge in [0.25, 0.3) is 0 Å². The first kappa shape index (κ1) is 22.4. The molecule has 3 rings (SSSR count). The van der Waals surface area contributed by atoms with E-state index in [-0.39, 0.29) is 11.8 Å². The monoisotopic (exact) mass is 437 g/mol. The van der Waals surface area contributed by atoms with Crippen molar-refractivity contribution in [3.63, 3.8) is 0 Å². The van der Waals surface area contributed by atoms with Crippen molar-refractivity contribution in [2.24, 2.45) is 5.92 Å². The lowest BCUT2D eigenvalue weighted by Gasteiger charge is -2.23. The van der Waals surface area contributed by atoms with Gasteiger partial charge in [0.1, 0.15) is 11.0 Å². The number of rotatable bonds is 7. The summed E-state index contributed by atoms with van der Waals surface area (Å²) >= 11 is 1.30. The second kappa shape index (κ2) is 10.2. The second-order valence-electron chi connectivity index (χ2n) is 7.60. The van der Waals surface area contributed by atoms with E-state index in [1.807, 2.05) is 70.2 Å². The van der Waals surface area contributed by atoms with E-state index in [9.17, 15) is 9.59 Å². The Morgan fingerprint density at radius 3 is 2.42 bits per heavy atom. The molecule has 0 aliphatic rings. The van der Waals surface area contributed by atoms with Gasteiger partial charge in [-0.1, -0.05) is 73.6 Å². The van der Waals surface area contributed by atoms with Gasteiger partial charge in [0.15, 0.2) is 0 Å². The molecule has 3 N–H and O–H groups in total. The maximum atomic E-state index is 12.9. The van der Waals surface area contributed by atoms with E-state index in [1.165, 1.54) is 11.3 Å². The van der Waals surface area contributed by atoms with Crippen molar-refractivity contribution in [2.45, 2.75) is 40.2 Å². The molecule has 162 valence electrons. The Bertz CT molecular complexity index is 1050. The lowest BCUT2D eigenvalue weighted by atomic mass is 9.98. The normalized spacial score (nSPS) is 12.6. The zero-order valence-electron chi connectivity index (χ0n) is 18.1. The molecule has 0 fully saturated rings. The van der Waals surface area contributed by atoms with Crippen molar-refractivity contribution in [1.82, 2.24) is 15.5 Å². The van der Waals surface area contributed by atoms with Gasteiger partial charge in [-0.25, -0.2) is 4.79 Å². The number of hydrogen-bond donors (Lipinski definition) is 3. The SMILES string of the molecule is CC[C@@H](C)[C@H](NC(=O)Nc1cccc(C)c1)C(=O)Nc1nnc(-c2ccc(C)cc2)s1. The highest BCUT2D eigenvalue weighted by Gasteiger charge is 2.27. The molecule has 0 saturated heterocycles. The van der Waals surface area contributed by atoms with Gasteiger partial charge in [0, 0.05) is 11.3 Å². The zero-order chi connectivity index (χ0) is 22.4. The molecule has 0 radical (unpaired) electrons. The van der Waals surface area contributed by atoms with Crippen LogP contribution in [0.1, 0.15) is 31.4 Å². The summed E-state index contributed by atoms with van der Waals surface area (Å²) in [6, 6.07) is 14.3. The minimum absolute atomic E-state index is 0.0623. The van der Waals surface area contributed by atoms with E-state index >= 15 is 0 Å². The number of anilines is 2. The summed E-state index contributed by atoms with van der Waals surface area (Å²) in [6.07, 6.45) is 0.730. The average molecular weight is 438 g/mol. The van der Waals surface area contributed by atoms with Crippen molar-refractivity contribution in [3.05, 3.63) is 59.7 Å². The van der Waals surface area contributed by atoms with Crippen LogP contribution in [-0.2, 0) is 4.79 Å². The van der Waals surface area contributed by atoms with Crippen LogP contribution >= 0.6 is 11.3 Å². The molecule has 0 aliphatic heterocycles. The number of aryl methyl sites for hydroxylation is 2. The average Bonchev–Trinajstić information content (AvgIpc) is 3.20. The first-order valence-electron chi connectivity index (χ1n) is 10.2. The molecule has 3 aromatic rings. The van der Waals surface area contributed by atoms with Gasteiger partial charge in [-0.2, -0.15) is 0 Å². The van der Waals surface area contributed by atoms with Crippen LogP contribution in [0.4, 0.5) is 15.6 Å². The predicted octanol–water partition coefficient (Wildman–Crippen LogP) is 5.00. The maximum absolute atomic E-state index is 12.9. The Morgan fingerprint density at radius 2 is 1.74 bits per heavy atom. The quantitative estimate of drug-likeness (QED) is 0.485. The van der Waals surface area contributed by atoms with E-state index < -0.39 is 12.1 Å². The molecule has 31 heavy (non-hydrogen) atoms. The Kier molecular flexibility index (Phi) is 7.36. The Balaban J connectivity index is 1.67. The molecule has 0 unspecified atom stereocenters. The van der Waals surface area contributed by atoms with Crippen LogP contribution in [0.2, 0.25) is 0 Å². The topological polar surface area (TPSA) is 96.0 Å². The van der Waals surface area contributed by atoms with Gasteiger partial charge in [-0.15, -0.1) is 10.2 Å². The molecule has 7 nitrogen and oxygen atoms in total. The Morgan fingerprint density at radius 1 is 1.00 bits per heavy atom. The third-order valence-electron chi connectivity index (χ3n) is 5.01. The lowest BCUT2D eigenvalue weighted by Crippen LogP contribution is -2.49. The number of aromatic nitrogens is 2. The molecule has 2 atom stereocenters. The van der Waals surface area contributed by atoms with E-state index in [4.69, 9.17) is 0 Å². The van der Waals surface area contributed by atoms with Crippen molar-refractivity contribution in [2.75, 3.05) is 10.6 Å². The largest absolute Gasteiger partial charge is 0.326 e. The number of carbonyl (C=O) groups excluding carboxylic acids is 2. The number of benzene rings is 2. The van der Waals surface area contributed by atoms with Crippen LogP contribution in [0.5, 0.6) is 0 Å². The Labute approximate surface area is 186 Å². The molecule has 2 aromatic carbocycles. The van der Waals surface area contributed by atoms with Crippen LogP contribution in [0.3, 0.4) is 0 Å². The van der Waals surface area contributed by atoms with Crippen LogP contribution in [0, 0.1) is 19.8 Å². The fourth-order valence-electron chi connectivity index (χ4n) is 3.00. The van der Waals surface area contributed by atoms with Crippen LogP contribution in [0.25, 0.3) is 10.6 Å². The third kappa shape index (κ3) is 6.11. The van der Waals surface area contributed by atoms with Crippen LogP contribution < -0.4 is 16.0 Å². The van der Waals surface area contributed by atoms with E-state index in [1.54, 1.807) is 6.07 Å². The van der Waals surface area contributed by atoms with Gasteiger partial charge < -0.3 is 10.6 Å². The van der Waals surface area contributed by atoms with E-state index in [0.717, 1.165) is 28.1 Å². The van der Waals surface area contributed by atoms with Crippen LogP contribution in [-0.4, -0.2) is 28.2 Å². The summed E-state index contributed by atoms with van der Waals surface area (Å²) in [4.78, 5) is 25.4. The summed E-state index contributed by atoms with van der Waals surface area (Å²) in [5.41, 5.74) is 3.81. The first-order valence-corrected chi connectivity index (χ1v) is 11.0. The number of amides is 3. The number of carbonyl (C=O) groups is 2. The number of nitrogens with zero attached hydrogens (tertiary/aromatic N) is 2. The molecule has 0 aliphatic carbocycles. The smallest absolute Gasteiger partial charge is 0.319 e. The molecule has 0 saturated carbocycles. The molecular formula is C23H27N5O2S. The minimum atomic E-state index is -0.707. The number of hydrogen-bond acceptors (Lipinski definition) is 5. The summed E-state index contributed by atoms with van der Waals surface area (Å²) in [7, 11) is 0. The van der Waals surface area contributed by atoms with Gasteiger partial charge in [-0.3, -0.25) is 10.1 Å². The molecular weight excluding hydrogens is 410 g/mol. The van der Waals surface area contributed by atoms with Gasteiger partial charge in [0.05, 0.1) is 0 Å². The van der Waals surface area contributed by atoms with Crippen molar-refractivity contribution < 1.29 is 9.59 Å². The number of nitrogens with one attached hydrogen (secondary N) is 3. The van der Waals surface area contributed by atoms with Crippen LogP contribution in [0.15, 0.2) is 48.5 Å². The van der Waals surface area contributed by atoms with E-state index in [2.05, 4.69) is 26.1 Å². The molecule has 8 heteroatoms. The van der Waals surface area contributed by atoms with Gasteiger partial charge >= 0.3 is 6.03 Å². The Hall–Kier alpha value is -3.26. The highest BCUT2D eigenvalue weighted by atomic mass is 32.1. The van der Waals surface area contributed by atoms with Gasteiger partial charge in [0.2, 0.25) is 11.0 Å².